The molecule has 8 heteroatoms. The van der Waals surface area contributed by atoms with E-state index in [9.17, 15) is 9.59 Å². The van der Waals surface area contributed by atoms with Gasteiger partial charge >= 0.3 is 12.1 Å². The van der Waals surface area contributed by atoms with Crippen LogP contribution in [0.2, 0.25) is 0 Å². The van der Waals surface area contributed by atoms with Crippen LogP contribution < -0.4 is 10.6 Å². The fourth-order valence-electron chi connectivity index (χ4n) is 2.75. The van der Waals surface area contributed by atoms with Crippen LogP contribution in [0.3, 0.4) is 0 Å². The summed E-state index contributed by atoms with van der Waals surface area (Å²) in [6.07, 6.45) is 0.181. The average molecular weight is 409 g/mol. The van der Waals surface area contributed by atoms with Crippen LogP contribution in [0, 0.1) is 0 Å². The molecule has 0 bridgehead atoms. The first-order valence-corrected chi connectivity index (χ1v) is 9.45. The Kier molecular flexibility index (Phi) is 6.82. The van der Waals surface area contributed by atoms with Gasteiger partial charge in [0.2, 0.25) is 5.88 Å². The van der Waals surface area contributed by atoms with E-state index in [1.54, 1.807) is 13.8 Å². The molecular formula is C22H23N3O5. The maximum Gasteiger partial charge on any atom is 0.414 e. The number of nitrogens with one attached hydrogen (secondary N) is 2. The summed E-state index contributed by atoms with van der Waals surface area (Å²) in [5.74, 6) is -0.718. The summed E-state index contributed by atoms with van der Waals surface area (Å²) >= 11 is 0. The van der Waals surface area contributed by atoms with Gasteiger partial charge in [0.1, 0.15) is 17.8 Å². The van der Waals surface area contributed by atoms with Gasteiger partial charge in [-0.1, -0.05) is 54.6 Å². The van der Waals surface area contributed by atoms with Gasteiger partial charge in [0.15, 0.2) is 6.39 Å². The summed E-state index contributed by atoms with van der Waals surface area (Å²) < 4.78 is 10.7. The van der Waals surface area contributed by atoms with Crippen LogP contribution in [0.4, 0.5) is 10.7 Å². The highest BCUT2D eigenvalue weighted by Crippen LogP contribution is 2.27. The predicted molar refractivity (Wildman–Crippen MR) is 111 cm³/mol. The number of carbonyl (C=O) groups is 2. The summed E-state index contributed by atoms with van der Waals surface area (Å²) in [7, 11) is 0. The predicted octanol–water partition coefficient (Wildman–Crippen LogP) is 4.21. The van der Waals surface area contributed by atoms with Crippen molar-refractivity contribution in [1.29, 1.82) is 0 Å². The molecule has 2 atom stereocenters. The number of aliphatic carboxylic acids is 1. The molecule has 156 valence electrons. The van der Waals surface area contributed by atoms with Crippen molar-refractivity contribution in [2.24, 2.45) is 0 Å². The van der Waals surface area contributed by atoms with Crippen LogP contribution in [-0.2, 0) is 16.1 Å². The number of carbonyl (C=O) groups excluding carboxylic acids is 1. The summed E-state index contributed by atoms with van der Waals surface area (Å²) in [6.45, 7) is 3.79. The van der Waals surface area contributed by atoms with Crippen molar-refractivity contribution in [3.8, 4) is 11.3 Å². The molecule has 3 rings (SSSR count). The molecule has 0 aliphatic rings. The molecule has 8 nitrogen and oxygen atoms in total. The number of oxazole rings is 1. The summed E-state index contributed by atoms with van der Waals surface area (Å²) in [5, 5.41) is 14.4. The first kappa shape index (κ1) is 21.1. The lowest BCUT2D eigenvalue weighted by atomic mass is 10.1. The molecule has 0 saturated carbocycles. The molecule has 3 aromatic rings. The average Bonchev–Trinajstić information content (AvgIpc) is 3.20. The van der Waals surface area contributed by atoms with Crippen LogP contribution in [0.1, 0.15) is 31.1 Å². The second kappa shape index (κ2) is 9.71. The van der Waals surface area contributed by atoms with Crippen LogP contribution in [0.15, 0.2) is 65.4 Å². The minimum Gasteiger partial charge on any atom is -0.480 e. The molecule has 0 radical (unpaired) electrons. The van der Waals surface area contributed by atoms with Crippen molar-refractivity contribution in [2.45, 2.75) is 32.5 Å². The SMILES string of the molecule is CC(NCc1ccc(-c2ncoc2NC(=O)OC(C)c2ccccc2)cc1)C(=O)O. The number of aromatic nitrogens is 1. The van der Waals surface area contributed by atoms with Crippen molar-refractivity contribution in [2.75, 3.05) is 5.32 Å². The molecule has 0 spiro atoms. The Balaban J connectivity index is 1.62. The number of carboxylic acids is 1. The molecule has 1 aromatic heterocycles. The molecule has 0 aliphatic carbocycles. The first-order chi connectivity index (χ1) is 14.4. The molecule has 30 heavy (non-hydrogen) atoms. The van der Waals surface area contributed by atoms with E-state index in [0.29, 0.717) is 12.2 Å². The Morgan fingerprint density at radius 1 is 1.10 bits per heavy atom. The second-order valence-electron chi connectivity index (χ2n) is 6.75. The topological polar surface area (TPSA) is 114 Å². The largest absolute Gasteiger partial charge is 0.480 e. The van der Waals surface area contributed by atoms with Gasteiger partial charge in [0, 0.05) is 12.1 Å². The number of benzene rings is 2. The lowest BCUT2D eigenvalue weighted by Gasteiger charge is -2.13. The third kappa shape index (κ3) is 5.45. The van der Waals surface area contributed by atoms with Gasteiger partial charge < -0.3 is 19.6 Å². The maximum absolute atomic E-state index is 12.3. The molecule has 0 saturated heterocycles. The fraction of sp³-hybridized carbons (Fsp3) is 0.227. The standard InChI is InChI=1S/C22H23N3O5/c1-14(21(26)27)23-12-16-8-10-18(11-9-16)19-20(29-13-24-19)25-22(28)30-15(2)17-6-4-3-5-7-17/h3-11,13-15,23H,12H2,1-2H3,(H,25,28)(H,26,27). The Labute approximate surface area is 173 Å². The zero-order valence-electron chi connectivity index (χ0n) is 16.7. The Morgan fingerprint density at radius 3 is 2.47 bits per heavy atom. The number of ether oxygens (including phenoxy) is 1. The number of hydrogen-bond acceptors (Lipinski definition) is 6. The first-order valence-electron chi connectivity index (χ1n) is 9.45. The minimum absolute atomic E-state index is 0.186. The lowest BCUT2D eigenvalue weighted by Crippen LogP contribution is -2.33. The number of amides is 1. The smallest absolute Gasteiger partial charge is 0.414 e. The second-order valence-corrected chi connectivity index (χ2v) is 6.75. The number of rotatable bonds is 8. The number of anilines is 1. The Hall–Kier alpha value is -3.65. The highest BCUT2D eigenvalue weighted by atomic mass is 16.6. The highest BCUT2D eigenvalue weighted by Gasteiger charge is 2.17. The third-order valence-electron chi connectivity index (χ3n) is 4.55. The highest BCUT2D eigenvalue weighted by molar-refractivity contribution is 5.87. The number of carboxylic acid groups (broad SMARTS) is 1. The monoisotopic (exact) mass is 409 g/mol. The van der Waals surface area contributed by atoms with Gasteiger partial charge in [-0.3, -0.25) is 10.1 Å². The molecule has 3 N–H and O–H groups in total. The van der Waals surface area contributed by atoms with Crippen molar-refractivity contribution in [3.63, 3.8) is 0 Å². The van der Waals surface area contributed by atoms with Crippen molar-refractivity contribution in [1.82, 2.24) is 10.3 Å². The minimum atomic E-state index is -0.904. The number of nitrogens with zero attached hydrogens (tertiary/aromatic N) is 1. The lowest BCUT2D eigenvalue weighted by molar-refractivity contribution is -0.139. The van der Waals surface area contributed by atoms with E-state index in [0.717, 1.165) is 16.7 Å². The van der Waals surface area contributed by atoms with E-state index in [4.69, 9.17) is 14.3 Å². The van der Waals surface area contributed by atoms with Gasteiger partial charge in [-0.25, -0.2) is 9.78 Å². The quantitative estimate of drug-likeness (QED) is 0.510. The van der Waals surface area contributed by atoms with Crippen molar-refractivity contribution >= 4 is 17.9 Å². The van der Waals surface area contributed by atoms with Crippen LogP contribution in [0.5, 0.6) is 0 Å². The molecule has 1 amide bonds. The molecule has 0 fully saturated rings. The molecule has 2 unspecified atom stereocenters. The summed E-state index contributed by atoms with van der Waals surface area (Å²) in [6, 6.07) is 16.1. The van der Waals surface area contributed by atoms with E-state index >= 15 is 0 Å². The van der Waals surface area contributed by atoms with E-state index in [-0.39, 0.29) is 5.88 Å². The zero-order valence-corrected chi connectivity index (χ0v) is 16.7. The Morgan fingerprint density at radius 2 is 1.80 bits per heavy atom. The van der Waals surface area contributed by atoms with Crippen molar-refractivity contribution < 1.29 is 23.8 Å². The van der Waals surface area contributed by atoms with E-state index < -0.39 is 24.2 Å². The van der Waals surface area contributed by atoms with Gasteiger partial charge in [-0.05, 0) is 25.0 Å². The van der Waals surface area contributed by atoms with Gasteiger partial charge in [0.25, 0.3) is 0 Å². The van der Waals surface area contributed by atoms with Gasteiger partial charge in [-0.15, -0.1) is 0 Å². The maximum atomic E-state index is 12.3. The third-order valence-corrected chi connectivity index (χ3v) is 4.55. The Bertz CT molecular complexity index is 986. The molecule has 2 aromatic carbocycles. The van der Waals surface area contributed by atoms with Gasteiger partial charge in [-0.2, -0.15) is 0 Å². The van der Waals surface area contributed by atoms with Crippen LogP contribution >= 0.6 is 0 Å². The van der Waals surface area contributed by atoms with E-state index in [1.807, 2.05) is 54.6 Å². The fourth-order valence-corrected chi connectivity index (χ4v) is 2.75. The summed E-state index contributed by atoms with van der Waals surface area (Å²) in [5.41, 5.74) is 3.01. The molecular weight excluding hydrogens is 386 g/mol. The van der Waals surface area contributed by atoms with Crippen LogP contribution in [0.25, 0.3) is 11.3 Å². The van der Waals surface area contributed by atoms with E-state index in [1.165, 1.54) is 6.39 Å². The van der Waals surface area contributed by atoms with Crippen molar-refractivity contribution in [3.05, 3.63) is 72.1 Å². The number of hydrogen-bond donors (Lipinski definition) is 3. The normalized spacial score (nSPS) is 12.7. The van der Waals surface area contributed by atoms with E-state index in [2.05, 4.69) is 15.6 Å². The van der Waals surface area contributed by atoms with Gasteiger partial charge in [0.05, 0.1) is 0 Å². The zero-order chi connectivity index (χ0) is 21.5. The van der Waals surface area contributed by atoms with Crippen LogP contribution in [-0.4, -0.2) is 28.2 Å². The summed E-state index contributed by atoms with van der Waals surface area (Å²) in [4.78, 5) is 27.3. The molecule has 0 aliphatic heterocycles. The molecule has 1 heterocycles.